The Morgan fingerprint density at radius 3 is 2.95 bits per heavy atom. The minimum Gasteiger partial charge on any atom is -0.370 e. The molecule has 0 aromatic carbocycles. The summed E-state index contributed by atoms with van der Waals surface area (Å²) < 4.78 is 5.24. The number of fused-ring (bicyclic) bond motifs is 1. The van der Waals surface area contributed by atoms with Crippen LogP contribution in [0.15, 0.2) is 53.6 Å². The average Bonchev–Trinajstić information content (AvgIpc) is 2.54. The molecule has 2 aliphatic rings. The van der Waals surface area contributed by atoms with Crippen molar-refractivity contribution in [3.05, 3.63) is 59.2 Å². The van der Waals surface area contributed by atoms with Crippen LogP contribution in [0.2, 0.25) is 0 Å². The summed E-state index contributed by atoms with van der Waals surface area (Å²) in [6, 6.07) is 5.99. The van der Waals surface area contributed by atoms with Gasteiger partial charge in [-0.05, 0) is 23.3 Å². The highest BCUT2D eigenvalue weighted by Gasteiger charge is 2.32. The fraction of sp³-hybridized carbons (Fsp3) is 0.235. The molecule has 5 nitrogen and oxygen atoms in total. The smallest absolute Gasteiger partial charge is 0.169 e. The summed E-state index contributed by atoms with van der Waals surface area (Å²) in [6.45, 7) is 0. The van der Waals surface area contributed by atoms with Crippen LogP contribution in [0.3, 0.4) is 0 Å². The number of hydrogen-bond donors (Lipinski definition) is 0. The molecule has 1 aromatic heterocycles. The maximum atomic E-state index is 12.1. The fourth-order valence-corrected chi connectivity index (χ4v) is 2.83. The number of nitrogens with zero attached hydrogens (tertiary/aromatic N) is 3. The van der Waals surface area contributed by atoms with Gasteiger partial charge in [-0.15, -0.1) is 0 Å². The highest BCUT2D eigenvalue weighted by Crippen LogP contribution is 2.40. The van der Waals surface area contributed by atoms with Crippen molar-refractivity contribution in [3.8, 4) is 6.07 Å². The van der Waals surface area contributed by atoms with E-state index in [9.17, 15) is 10.1 Å². The van der Waals surface area contributed by atoms with Gasteiger partial charge in [0, 0.05) is 50.3 Å². The van der Waals surface area contributed by atoms with Crippen molar-refractivity contribution in [2.24, 2.45) is 0 Å². The number of rotatable bonds is 2. The Labute approximate surface area is 128 Å². The van der Waals surface area contributed by atoms with Crippen LogP contribution in [-0.4, -0.2) is 35.9 Å². The second-order valence-corrected chi connectivity index (χ2v) is 5.22. The first-order valence-electron chi connectivity index (χ1n) is 6.92. The van der Waals surface area contributed by atoms with E-state index in [1.807, 2.05) is 25.4 Å². The number of ether oxygens (including phenoxy) is 1. The topological polar surface area (TPSA) is 66.2 Å². The first-order valence-corrected chi connectivity index (χ1v) is 6.92. The molecule has 1 aliphatic carbocycles. The Morgan fingerprint density at radius 2 is 2.32 bits per heavy atom. The maximum absolute atomic E-state index is 12.1. The van der Waals surface area contributed by atoms with Crippen molar-refractivity contribution < 1.29 is 9.53 Å². The number of pyridine rings is 1. The van der Waals surface area contributed by atoms with Crippen LogP contribution < -0.4 is 0 Å². The van der Waals surface area contributed by atoms with Crippen molar-refractivity contribution in [1.82, 2.24) is 9.88 Å². The molecular weight excluding hydrogens is 278 g/mol. The van der Waals surface area contributed by atoms with Crippen molar-refractivity contribution in [2.45, 2.75) is 12.5 Å². The van der Waals surface area contributed by atoms with Gasteiger partial charge in [-0.2, -0.15) is 5.26 Å². The molecule has 0 spiro atoms. The zero-order valence-electron chi connectivity index (χ0n) is 12.4. The Morgan fingerprint density at radius 1 is 1.50 bits per heavy atom. The largest absolute Gasteiger partial charge is 0.370 e. The maximum Gasteiger partial charge on any atom is 0.169 e. The summed E-state index contributed by atoms with van der Waals surface area (Å²) in [6.07, 6.45) is 6.79. The van der Waals surface area contributed by atoms with Crippen LogP contribution in [0.4, 0.5) is 0 Å². The molecule has 0 saturated heterocycles. The van der Waals surface area contributed by atoms with E-state index in [0.717, 1.165) is 22.3 Å². The van der Waals surface area contributed by atoms with Gasteiger partial charge >= 0.3 is 0 Å². The highest BCUT2D eigenvalue weighted by atomic mass is 16.5. The summed E-state index contributed by atoms with van der Waals surface area (Å²) in [5.41, 5.74) is 3.97. The van der Waals surface area contributed by atoms with Crippen molar-refractivity contribution in [1.29, 1.82) is 5.26 Å². The molecule has 0 amide bonds. The molecule has 1 atom stereocenters. The monoisotopic (exact) mass is 293 g/mol. The first-order chi connectivity index (χ1) is 10.7. The van der Waals surface area contributed by atoms with E-state index in [0.29, 0.717) is 12.1 Å². The minimum atomic E-state index is -0.567. The predicted molar refractivity (Wildman–Crippen MR) is 81.1 cm³/mol. The number of ketones is 1. The van der Waals surface area contributed by atoms with E-state index in [1.165, 1.54) is 7.11 Å². The molecule has 1 unspecified atom stereocenters. The molecule has 1 aliphatic heterocycles. The summed E-state index contributed by atoms with van der Waals surface area (Å²) in [4.78, 5) is 18.0. The van der Waals surface area contributed by atoms with Crippen LogP contribution >= 0.6 is 0 Å². The van der Waals surface area contributed by atoms with Gasteiger partial charge < -0.3 is 9.64 Å². The second kappa shape index (κ2) is 5.58. The number of carbonyl (C=O) groups is 1. The van der Waals surface area contributed by atoms with E-state index in [4.69, 9.17) is 4.74 Å². The standard InChI is InChI=1S/C17H15N3O2/c1-20-10-12-6-15(21)16(22-2)7-13(12)17(14(20)8-18)11-4-3-5-19-9-11/h3-5,7,9-10,16H,6H2,1-2H3. The molecule has 0 N–H and O–H groups in total. The molecule has 0 fully saturated rings. The van der Waals surface area contributed by atoms with Crippen LogP contribution in [-0.2, 0) is 9.53 Å². The Hall–Kier alpha value is -2.71. The molecule has 22 heavy (non-hydrogen) atoms. The van der Waals surface area contributed by atoms with Gasteiger partial charge in [-0.1, -0.05) is 6.07 Å². The molecule has 0 bridgehead atoms. The quantitative estimate of drug-likeness (QED) is 0.835. The Balaban J connectivity index is 2.22. The van der Waals surface area contributed by atoms with Crippen LogP contribution in [0.25, 0.3) is 5.57 Å². The lowest BCUT2D eigenvalue weighted by Crippen LogP contribution is -2.29. The van der Waals surface area contributed by atoms with Gasteiger partial charge in [-0.3, -0.25) is 9.78 Å². The summed E-state index contributed by atoms with van der Waals surface area (Å²) >= 11 is 0. The van der Waals surface area contributed by atoms with E-state index in [2.05, 4.69) is 11.1 Å². The number of Topliss-reactive ketones (excluding diaryl/α,β-unsaturated/α-hetero) is 1. The lowest BCUT2D eigenvalue weighted by Gasteiger charge is -2.31. The molecular formula is C17H15N3O2. The molecule has 0 saturated carbocycles. The van der Waals surface area contributed by atoms with Gasteiger partial charge in [0.25, 0.3) is 0 Å². The number of nitriles is 1. The van der Waals surface area contributed by atoms with Gasteiger partial charge in [0.05, 0.1) is 0 Å². The number of methoxy groups -OCH3 is 1. The number of hydrogen-bond acceptors (Lipinski definition) is 5. The van der Waals surface area contributed by atoms with Crippen LogP contribution in [0.5, 0.6) is 0 Å². The molecule has 110 valence electrons. The van der Waals surface area contributed by atoms with Gasteiger partial charge in [0.1, 0.15) is 17.9 Å². The Bertz CT molecular complexity index is 754. The molecule has 1 aromatic rings. The average molecular weight is 293 g/mol. The lowest BCUT2D eigenvalue weighted by atomic mass is 9.82. The van der Waals surface area contributed by atoms with Gasteiger partial charge in [0.2, 0.25) is 0 Å². The molecule has 0 radical (unpaired) electrons. The van der Waals surface area contributed by atoms with E-state index in [1.54, 1.807) is 23.4 Å². The van der Waals surface area contributed by atoms with E-state index < -0.39 is 6.10 Å². The van der Waals surface area contributed by atoms with Crippen molar-refractivity contribution in [2.75, 3.05) is 14.2 Å². The molecule has 5 heteroatoms. The lowest BCUT2D eigenvalue weighted by molar-refractivity contribution is -0.125. The summed E-state index contributed by atoms with van der Waals surface area (Å²) in [5.74, 6) is 0.0249. The van der Waals surface area contributed by atoms with E-state index in [-0.39, 0.29) is 5.78 Å². The summed E-state index contributed by atoms with van der Waals surface area (Å²) in [5, 5.41) is 9.53. The van der Waals surface area contributed by atoms with Crippen LogP contribution in [0, 0.1) is 11.3 Å². The zero-order chi connectivity index (χ0) is 15.7. The molecule has 2 heterocycles. The number of allylic oxidation sites excluding steroid dienone is 4. The normalized spacial score (nSPS) is 21.0. The predicted octanol–water partition coefficient (Wildman–Crippen LogP) is 2.06. The number of aromatic nitrogens is 1. The molecule has 3 rings (SSSR count). The van der Waals surface area contributed by atoms with Crippen molar-refractivity contribution in [3.63, 3.8) is 0 Å². The highest BCUT2D eigenvalue weighted by molar-refractivity contribution is 5.97. The number of carbonyl (C=O) groups excluding carboxylic acids is 1. The Kier molecular flexibility index (Phi) is 3.61. The second-order valence-electron chi connectivity index (χ2n) is 5.22. The summed E-state index contributed by atoms with van der Waals surface area (Å²) in [7, 11) is 3.33. The third-order valence-electron chi connectivity index (χ3n) is 3.86. The SMILES string of the molecule is COC1C=C2C(=CN(C)C(C#N)=C2c2cccnc2)CC1=O. The third-order valence-corrected chi connectivity index (χ3v) is 3.86. The van der Waals surface area contributed by atoms with Gasteiger partial charge in [0.15, 0.2) is 5.78 Å². The van der Waals surface area contributed by atoms with Crippen molar-refractivity contribution >= 4 is 11.4 Å². The van der Waals surface area contributed by atoms with Gasteiger partial charge in [-0.25, -0.2) is 0 Å². The van der Waals surface area contributed by atoms with E-state index >= 15 is 0 Å². The van der Waals surface area contributed by atoms with Crippen LogP contribution in [0.1, 0.15) is 12.0 Å². The zero-order valence-corrected chi connectivity index (χ0v) is 12.4. The fourth-order valence-electron chi connectivity index (χ4n) is 2.83. The third kappa shape index (κ3) is 2.24. The minimum absolute atomic E-state index is 0.0249. The first kappa shape index (κ1) is 14.2.